The molecule has 0 bridgehead atoms. The average Bonchev–Trinajstić information content (AvgIpc) is 2.91. The van der Waals surface area contributed by atoms with E-state index in [1.165, 1.54) is 31.5 Å². The van der Waals surface area contributed by atoms with Gasteiger partial charge in [0.15, 0.2) is 23.2 Å². The Labute approximate surface area is 214 Å². The maximum atomic E-state index is 13.4. The van der Waals surface area contributed by atoms with Gasteiger partial charge in [-0.2, -0.15) is 0 Å². The summed E-state index contributed by atoms with van der Waals surface area (Å²) in [4.78, 5) is 42.1. The number of nitrogens with zero attached hydrogens (tertiary/aromatic N) is 1. The van der Waals surface area contributed by atoms with E-state index in [2.05, 4.69) is 10.3 Å². The number of aromatic hydroxyl groups is 1. The van der Waals surface area contributed by atoms with Crippen molar-refractivity contribution in [3.63, 3.8) is 0 Å². The molecule has 0 spiro atoms. The molecule has 1 fully saturated rings. The van der Waals surface area contributed by atoms with E-state index in [0.29, 0.717) is 6.42 Å². The van der Waals surface area contributed by atoms with E-state index in [-0.39, 0.29) is 30.5 Å². The van der Waals surface area contributed by atoms with Crippen LogP contribution in [-0.2, 0) is 30.2 Å². The zero-order valence-corrected chi connectivity index (χ0v) is 21.1. The molecule has 2 heterocycles. The van der Waals surface area contributed by atoms with Gasteiger partial charge >= 0.3 is 11.9 Å². The molecule has 1 aromatic heterocycles. The van der Waals surface area contributed by atoms with Gasteiger partial charge in [0.25, 0.3) is 5.91 Å². The quantitative estimate of drug-likeness (QED) is 0.530. The van der Waals surface area contributed by atoms with Gasteiger partial charge in [-0.3, -0.25) is 9.59 Å². The van der Waals surface area contributed by atoms with E-state index < -0.39 is 53.7 Å². The van der Waals surface area contributed by atoms with Crippen molar-refractivity contribution in [3.05, 3.63) is 53.6 Å². The smallest absolute Gasteiger partial charge is 0.331 e. The molecule has 37 heavy (non-hydrogen) atoms. The average molecular weight is 519 g/mol. The second-order valence-electron chi connectivity index (χ2n) is 9.06. The fourth-order valence-electron chi connectivity index (χ4n) is 3.87. The lowest BCUT2D eigenvalue weighted by Crippen LogP contribution is -2.47. The Hall–Kier alpha value is -3.73. The first-order valence-electron chi connectivity index (χ1n) is 11.9. The lowest BCUT2D eigenvalue weighted by atomic mass is 9.91. The standard InChI is InChI=1S/C26H31FN2O8/c1-14(2)25(32)37-23-15(3)36-26(33)19(29-24(31)21-22(30)20(34-4)9-10-28-21)13-35-12-17(23)11-16-5-7-18(27)8-6-16/h5-10,14-15,17,19,23,30H,11-13H2,1-4H3,(H,29,31). The van der Waals surface area contributed by atoms with Crippen LogP contribution in [-0.4, -0.2) is 66.5 Å². The number of benzene rings is 1. The van der Waals surface area contributed by atoms with Crippen LogP contribution in [0.2, 0.25) is 0 Å². The molecule has 1 saturated heterocycles. The summed E-state index contributed by atoms with van der Waals surface area (Å²) in [6, 6.07) is 6.06. The number of rotatable bonds is 7. The zero-order valence-electron chi connectivity index (χ0n) is 21.1. The number of carbonyl (C=O) groups excluding carboxylic acids is 3. The van der Waals surface area contributed by atoms with Crippen LogP contribution in [0, 0.1) is 17.7 Å². The van der Waals surface area contributed by atoms with Gasteiger partial charge in [0.05, 0.1) is 26.2 Å². The van der Waals surface area contributed by atoms with Crippen LogP contribution in [0.5, 0.6) is 11.5 Å². The molecule has 0 radical (unpaired) electrons. The predicted molar refractivity (Wildman–Crippen MR) is 128 cm³/mol. The van der Waals surface area contributed by atoms with Crippen LogP contribution in [0.1, 0.15) is 36.8 Å². The molecule has 1 aromatic carbocycles. The second-order valence-corrected chi connectivity index (χ2v) is 9.06. The highest BCUT2D eigenvalue weighted by Gasteiger charge is 2.38. The van der Waals surface area contributed by atoms with Crippen molar-refractivity contribution >= 4 is 17.8 Å². The van der Waals surface area contributed by atoms with Crippen LogP contribution >= 0.6 is 0 Å². The number of hydrogen-bond acceptors (Lipinski definition) is 9. The summed E-state index contributed by atoms with van der Waals surface area (Å²) in [6.45, 7) is 4.78. The highest BCUT2D eigenvalue weighted by Crippen LogP contribution is 2.28. The largest absolute Gasteiger partial charge is 0.503 e. The molecule has 2 aromatic rings. The number of hydrogen-bond donors (Lipinski definition) is 2. The first kappa shape index (κ1) is 27.9. The number of halogens is 1. The second kappa shape index (κ2) is 12.5. The van der Waals surface area contributed by atoms with Crippen molar-refractivity contribution in [2.24, 2.45) is 11.8 Å². The molecule has 1 aliphatic rings. The van der Waals surface area contributed by atoms with Crippen molar-refractivity contribution in [2.75, 3.05) is 20.3 Å². The fourth-order valence-corrected chi connectivity index (χ4v) is 3.87. The number of carbonyl (C=O) groups is 3. The number of methoxy groups -OCH3 is 1. The number of cyclic esters (lactones) is 1. The Morgan fingerprint density at radius 3 is 2.57 bits per heavy atom. The zero-order chi connectivity index (χ0) is 27.1. The van der Waals surface area contributed by atoms with Gasteiger partial charge < -0.3 is 29.4 Å². The summed E-state index contributed by atoms with van der Waals surface area (Å²) in [5, 5.41) is 12.7. The van der Waals surface area contributed by atoms with E-state index >= 15 is 0 Å². The number of esters is 2. The van der Waals surface area contributed by atoms with Crippen LogP contribution in [0.15, 0.2) is 36.5 Å². The van der Waals surface area contributed by atoms with Gasteiger partial charge in [-0.25, -0.2) is 14.2 Å². The number of pyridine rings is 1. The molecule has 1 aliphatic heterocycles. The van der Waals surface area contributed by atoms with E-state index in [0.717, 1.165) is 5.56 Å². The maximum absolute atomic E-state index is 13.4. The van der Waals surface area contributed by atoms with Crippen molar-refractivity contribution in [2.45, 2.75) is 45.4 Å². The van der Waals surface area contributed by atoms with E-state index in [1.807, 2.05) is 0 Å². The van der Waals surface area contributed by atoms with Gasteiger partial charge in [-0.1, -0.05) is 26.0 Å². The van der Waals surface area contributed by atoms with E-state index in [4.69, 9.17) is 18.9 Å². The number of ether oxygens (including phenoxy) is 4. The molecular weight excluding hydrogens is 487 g/mol. The van der Waals surface area contributed by atoms with Gasteiger partial charge in [0.1, 0.15) is 18.0 Å². The molecule has 200 valence electrons. The first-order chi connectivity index (χ1) is 17.6. The van der Waals surface area contributed by atoms with E-state index in [9.17, 15) is 23.9 Å². The maximum Gasteiger partial charge on any atom is 0.331 e. The molecule has 1 amide bonds. The third kappa shape index (κ3) is 7.16. The van der Waals surface area contributed by atoms with Crippen molar-refractivity contribution in [3.8, 4) is 11.5 Å². The Kier molecular flexibility index (Phi) is 9.40. The highest BCUT2D eigenvalue weighted by atomic mass is 19.1. The van der Waals surface area contributed by atoms with Crippen LogP contribution in [0.3, 0.4) is 0 Å². The molecule has 0 saturated carbocycles. The molecule has 3 rings (SSSR count). The van der Waals surface area contributed by atoms with E-state index in [1.54, 1.807) is 32.9 Å². The van der Waals surface area contributed by atoms with Crippen LogP contribution in [0.4, 0.5) is 4.39 Å². The highest BCUT2D eigenvalue weighted by molar-refractivity contribution is 5.98. The van der Waals surface area contributed by atoms with Crippen LogP contribution < -0.4 is 10.1 Å². The summed E-state index contributed by atoms with van der Waals surface area (Å²) < 4.78 is 35.5. The van der Waals surface area contributed by atoms with Crippen molar-refractivity contribution in [1.29, 1.82) is 0 Å². The molecule has 10 nitrogen and oxygen atoms in total. The van der Waals surface area contributed by atoms with Crippen LogP contribution in [0.25, 0.3) is 0 Å². The molecular formula is C26H31FN2O8. The molecule has 0 aliphatic carbocycles. The lowest BCUT2D eigenvalue weighted by Gasteiger charge is -2.31. The topological polar surface area (TPSA) is 133 Å². The predicted octanol–water partition coefficient (Wildman–Crippen LogP) is 2.42. The minimum Gasteiger partial charge on any atom is -0.503 e. The molecule has 11 heteroatoms. The third-order valence-corrected chi connectivity index (χ3v) is 5.89. The minimum absolute atomic E-state index is 0.0421. The van der Waals surface area contributed by atoms with Gasteiger partial charge in [0.2, 0.25) is 0 Å². The Bertz CT molecular complexity index is 1110. The Morgan fingerprint density at radius 1 is 1.22 bits per heavy atom. The summed E-state index contributed by atoms with van der Waals surface area (Å²) in [7, 11) is 1.33. The molecule has 4 unspecified atom stereocenters. The molecule has 2 N–H and O–H groups in total. The normalized spacial score (nSPS) is 22.3. The number of nitrogens with one attached hydrogen (secondary N) is 1. The van der Waals surface area contributed by atoms with Crippen molar-refractivity contribution < 1.29 is 42.8 Å². The SMILES string of the molecule is COc1ccnc(C(=O)NC2COCC(Cc3ccc(F)cc3)C(OC(=O)C(C)C)C(C)OC2=O)c1O. The van der Waals surface area contributed by atoms with Gasteiger partial charge in [-0.05, 0) is 31.0 Å². The monoisotopic (exact) mass is 518 g/mol. The minimum atomic E-state index is -1.23. The molecule has 4 atom stereocenters. The fraction of sp³-hybridized carbons (Fsp3) is 0.462. The number of aromatic nitrogens is 1. The Morgan fingerprint density at radius 2 is 1.92 bits per heavy atom. The summed E-state index contributed by atoms with van der Waals surface area (Å²) in [5.74, 6) is -3.78. The number of amides is 1. The first-order valence-corrected chi connectivity index (χ1v) is 11.9. The Balaban J connectivity index is 1.82. The van der Waals surface area contributed by atoms with Gasteiger partial charge in [-0.15, -0.1) is 0 Å². The summed E-state index contributed by atoms with van der Waals surface area (Å²) in [5.41, 5.74) is 0.445. The summed E-state index contributed by atoms with van der Waals surface area (Å²) >= 11 is 0. The third-order valence-electron chi connectivity index (χ3n) is 5.89. The van der Waals surface area contributed by atoms with Crippen molar-refractivity contribution in [1.82, 2.24) is 10.3 Å². The van der Waals surface area contributed by atoms with Gasteiger partial charge in [0, 0.05) is 18.2 Å². The summed E-state index contributed by atoms with van der Waals surface area (Å²) in [6.07, 6.45) is -0.106. The lowest BCUT2D eigenvalue weighted by molar-refractivity contribution is -0.173.